The molecule has 1 saturated heterocycles. The highest BCUT2D eigenvalue weighted by Crippen LogP contribution is 2.24. The summed E-state index contributed by atoms with van der Waals surface area (Å²) < 4.78 is 0. The van der Waals surface area contributed by atoms with Crippen LogP contribution in [0.5, 0.6) is 0 Å². The molecule has 0 saturated carbocycles. The molecule has 92 valence electrons. The molecule has 1 aliphatic rings. The van der Waals surface area contributed by atoms with E-state index in [9.17, 15) is 9.59 Å². The predicted molar refractivity (Wildman–Crippen MR) is 61.0 cm³/mol. The maximum atomic E-state index is 11.9. The van der Waals surface area contributed by atoms with Crippen molar-refractivity contribution < 1.29 is 14.7 Å². The van der Waals surface area contributed by atoms with Gasteiger partial charge in [0.2, 0.25) is 5.91 Å². The van der Waals surface area contributed by atoms with Crippen molar-refractivity contribution in [2.24, 2.45) is 11.3 Å². The van der Waals surface area contributed by atoms with Crippen LogP contribution in [0, 0.1) is 11.3 Å². The quantitative estimate of drug-likeness (QED) is 0.799. The first-order chi connectivity index (χ1) is 7.33. The molecule has 16 heavy (non-hydrogen) atoms. The van der Waals surface area contributed by atoms with Crippen LogP contribution in [0.1, 0.15) is 40.0 Å². The molecule has 0 spiro atoms. The third-order valence-corrected chi connectivity index (χ3v) is 3.31. The van der Waals surface area contributed by atoms with E-state index in [0.29, 0.717) is 5.92 Å². The first-order valence-electron chi connectivity index (χ1n) is 5.84. The average molecular weight is 227 g/mol. The van der Waals surface area contributed by atoms with Crippen LogP contribution < -0.4 is 0 Å². The van der Waals surface area contributed by atoms with Gasteiger partial charge in [-0.25, -0.2) is 0 Å². The van der Waals surface area contributed by atoms with Gasteiger partial charge in [0.05, 0.1) is 5.41 Å². The summed E-state index contributed by atoms with van der Waals surface area (Å²) >= 11 is 0. The monoisotopic (exact) mass is 227 g/mol. The molecule has 0 aromatic rings. The lowest BCUT2D eigenvalue weighted by Crippen LogP contribution is -2.41. The Morgan fingerprint density at radius 2 is 1.81 bits per heavy atom. The van der Waals surface area contributed by atoms with Crippen LogP contribution in [0.2, 0.25) is 0 Å². The number of carbonyl (C=O) groups excluding carboxylic acids is 1. The molecule has 4 nitrogen and oxygen atoms in total. The van der Waals surface area contributed by atoms with E-state index in [1.165, 1.54) is 0 Å². The summed E-state index contributed by atoms with van der Waals surface area (Å²) in [5.41, 5.74) is -0.958. The predicted octanol–water partition coefficient (Wildman–Crippen LogP) is 1.75. The second-order valence-corrected chi connectivity index (χ2v) is 5.43. The van der Waals surface area contributed by atoms with E-state index in [-0.39, 0.29) is 12.3 Å². The molecule has 1 fully saturated rings. The van der Waals surface area contributed by atoms with Gasteiger partial charge < -0.3 is 10.0 Å². The fraction of sp³-hybridized carbons (Fsp3) is 0.833. The summed E-state index contributed by atoms with van der Waals surface area (Å²) in [6, 6.07) is 0. The van der Waals surface area contributed by atoms with Crippen LogP contribution in [0.15, 0.2) is 0 Å². The second-order valence-electron chi connectivity index (χ2n) is 5.43. The number of amides is 1. The third-order valence-electron chi connectivity index (χ3n) is 3.31. The van der Waals surface area contributed by atoms with Crippen molar-refractivity contribution in [1.29, 1.82) is 0 Å². The van der Waals surface area contributed by atoms with Gasteiger partial charge in [-0.15, -0.1) is 0 Å². The van der Waals surface area contributed by atoms with Crippen LogP contribution >= 0.6 is 0 Å². The molecule has 0 atom stereocenters. The summed E-state index contributed by atoms with van der Waals surface area (Å²) in [4.78, 5) is 24.6. The number of piperidine rings is 1. The molecule has 0 aromatic carbocycles. The summed E-state index contributed by atoms with van der Waals surface area (Å²) in [6.45, 7) is 6.92. The number of carbonyl (C=O) groups is 2. The topological polar surface area (TPSA) is 57.6 Å². The van der Waals surface area contributed by atoms with Crippen molar-refractivity contribution in [3.05, 3.63) is 0 Å². The molecule has 0 unspecified atom stereocenters. The summed E-state index contributed by atoms with van der Waals surface area (Å²) in [6.07, 6.45) is 2.15. The lowest BCUT2D eigenvalue weighted by atomic mass is 9.88. The first-order valence-corrected chi connectivity index (χ1v) is 5.84. The van der Waals surface area contributed by atoms with E-state index >= 15 is 0 Å². The minimum absolute atomic E-state index is 0.0284. The number of nitrogens with zero attached hydrogens (tertiary/aromatic N) is 1. The van der Waals surface area contributed by atoms with E-state index in [2.05, 4.69) is 6.92 Å². The Labute approximate surface area is 96.6 Å². The Balaban J connectivity index is 2.50. The first kappa shape index (κ1) is 13.0. The van der Waals surface area contributed by atoms with Crippen molar-refractivity contribution in [2.45, 2.75) is 40.0 Å². The largest absolute Gasteiger partial charge is 0.481 e. The summed E-state index contributed by atoms with van der Waals surface area (Å²) in [5, 5.41) is 8.96. The standard InChI is InChI=1S/C12H21NO3/c1-9-4-6-13(7-5-9)10(14)8-12(2,3)11(15)16/h9H,4-8H2,1-3H3,(H,15,16). The molecular formula is C12H21NO3. The highest BCUT2D eigenvalue weighted by atomic mass is 16.4. The van der Waals surface area contributed by atoms with E-state index in [1.807, 2.05) is 0 Å². The Bertz CT molecular complexity index is 278. The number of rotatable bonds is 3. The van der Waals surface area contributed by atoms with Gasteiger partial charge in [0.1, 0.15) is 0 Å². The Kier molecular flexibility index (Phi) is 3.94. The Morgan fingerprint density at radius 3 is 2.25 bits per heavy atom. The minimum Gasteiger partial charge on any atom is -0.481 e. The Hall–Kier alpha value is -1.06. The van der Waals surface area contributed by atoms with Crippen LogP contribution in [0.25, 0.3) is 0 Å². The lowest BCUT2D eigenvalue weighted by molar-refractivity contribution is -0.151. The molecule has 1 heterocycles. The molecule has 0 radical (unpaired) electrons. The lowest BCUT2D eigenvalue weighted by Gasteiger charge is -2.32. The van der Waals surface area contributed by atoms with Gasteiger partial charge in [0.15, 0.2) is 0 Å². The average Bonchev–Trinajstić information content (AvgIpc) is 2.17. The van der Waals surface area contributed by atoms with Crippen molar-refractivity contribution in [3.63, 3.8) is 0 Å². The van der Waals surface area contributed by atoms with Gasteiger partial charge in [0, 0.05) is 19.5 Å². The molecule has 0 aliphatic carbocycles. The molecule has 1 rings (SSSR count). The fourth-order valence-electron chi connectivity index (χ4n) is 1.82. The summed E-state index contributed by atoms with van der Waals surface area (Å²) in [7, 11) is 0. The molecule has 4 heteroatoms. The van der Waals surface area contributed by atoms with Crippen molar-refractivity contribution >= 4 is 11.9 Å². The van der Waals surface area contributed by atoms with Crippen LogP contribution in [-0.2, 0) is 9.59 Å². The molecular weight excluding hydrogens is 206 g/mol. The van der Waals surface area contributed by atoms with E-state index in [4.69, 9.17) is 5.11 Å². The van der Waals surface area contributed by atoms with Gasteiger partial charge in [0.25, 0.3) is 0 Å². The van der Waals surface area contributed by atoms with Crippen LogP contribution in [-0.4, -0.2) is 35.0 Å². The number of carboxylic acids is 1. The number of likely N-dealkylation sites (tertiary alicyclic amines) is 1. The van der Waals surface area contributed by atoms with Crippen molar-refractivity contribution in [1.82, 2.24) is 4.90 Å². The minimum atomic E-state index is -0.958. The maximum absolute atomic E-state index is 11.9. The molecule has 0 bridgehead atoms. The zero-order valence-corrected chi connectivity index (χ0v) is 10.3. The molecule has 1 amide bonds. The van der Waals surface area contributed by atoms with E-state index in [1.54, 1.807) is 18.7 Å². The number of hydrogen-bond donors (Lipinski definition) is 1. The maximum Gasteiger partial charge on any atom is 0.309 e. The normalized spacial score (nSPS) is 18.6. The van der Waals surface area contributed by atoms with Crippen molar-refractivity contribution in [2.75, 3.05) is 13.1 Å². The highest BCUT2D eigenvalue weighted by Gasteiger charge is 2.32. The van der Waals surface area contributed by atoms with Gasteiger partial charge in [-0.2, -0.15) is 0 Å². The van der Waals surface area contributed by atoms with Gasteiger partial charge in [-0.05, 0) is 32.6 Å². The van der Waals surface area contributed by atoms with Gasteiger partial charge in [-0.1, -0.05) is 6.92 Å². The second kappa shape index (κ2) is 4.85. The molecule has 1 aliphatic heterocycles. The van der Waals surface area contributed by atoms with E-state index in [0.717, 1.165) is 25.9 Å². The summed E-state index contributed by atoms with van der Waals surface area (Å²) in [5.74, 6) is -0.262. The fourth-order valence-corrected chi connectivity index (χ4v) is 1.82. The number of hydrogen-bond acceptors (Lipinski definition) is 2. The van der Waals surface area contributed by atoms with Crippen LogP contribution in [0.4, 0.5) is 0 Å². The SMILES string of the molecule is CC1CCN(C(=O)CC(C)(C)C(=O)O)CC1. The van der Waals surface area contributed by atoms with E-state index < -0.39 is 11.4 Å². The molecule has 1 N–H and O–H groups in total. The van der Waals surface area contributed by atoms with Gasteiger partial charge >= 0.3 is 5.97 Å². The van der Waals surface area contributed by atoms with Crippen molar-refractivity contribution in [3.8, 4) is 0 Å². The number of carboxylic acid groups (broad SMARTS) is 1. The van der Waals surface area contributed by atoms with Crippen LogP contribution in [0.3, 0.4) is 0 Å². The highest BCUT2D eigenvalue weighted by molar-refractivity contribution is 5.84. The number of aliphatic carboxylic acids is 1. The smallest absolute Gasteiger partial charge is 0.309 e. The zero-order chi connectivity index (χ0) is 12.3. The zero-order valence-electron chi connectivity index (χ0n) is 10.3. The third kappa shape index (κ3) is 3.22. The van der Waals surface area contributed by atoms with Gasteiger partial charge in [-0.3, -0.25) is 9.59 Å². The molecule has 0 aromatic heterocycles. The Morgan fingerprint density at radius 1 is 1.31 bits per heavy atom.